The third-order valence-corrected chi connectivity index (χ3v) is 5.94. The highest BCUT2D eigenvalue weighted by atomic mass is 19.3. The van der Waals surface area contributed by atoms with Crippen LogP contribution in [0.2, 0.25) is 0 Å². The minimum atomic E-state index is -4.45. The summed E-state index contributed by atoms with van der Waals surface area (Å²) in [6, 6.07) is 3.17. The molecular formula is C25H20F8O3. The van der Waals surface area contributed by atoms with E-state index in [4.69, 9.17) is 9.47 Å². The summed E-state index contributed by atoms with van der Waals surface area (Å²) >= 11 is 0. The molecule has 0 radical (unpaired) electrons. The summed E-state index contributed by atoms with van der Waals surface area (Å²) in [5, 5.41) is 0. The van der Waals surface area contributed by atoms with E-state index in [1.807, 2.05) is 6.92 Å². The van der Waals surface area contributed by atoms with Crippen LogP contribution in [0, 0.1) is 35.1 Å². The molecule has 36 heavy (non-hydrogen) atoms. The summed E-state index contributed by atoms with van der Waals surface area (Å²) in [4.78, 5) is 0. The van der Waals surface area contributed by atoms with Crippen LogP contribution in [0.25, 0.3) is 11.1 Å². The van der Waals surface area contributed by atoms with E-state index in [1.54, 1.807) is 0 Å². The highest BCUT2D eigenvalue weighted by Crippen LogP contribution is 2.42. The average molecular weight is 520 g/mol. The van der Waals surface area contributed by atoms with Gasteiger partial charge in [-0.05, 0) is 48.4 Å². The second-order valence-corrected chi connectivity index (χ2v) is 8.45. The standard InChI is InChI=1S/C25H20F8O3/c1-2-12-10-34-24(35-11-12)14-7-18(27)22(19(28)8-14)25(32,33)36-15-3-4-16(17(26)9-15)13-5-20(29)23(31)21(30)6-13/h3-9,12,18,22,24H,2,10-11H2,1H3. The highest BCUT2D eigenvalue weighted by Gasteiger charge is 2.51. The van der Waals surface area contributed by atoms with Crippen molar-refractivity contribution in [1.82, 2.24) is 0 Å². The van der Waals surface area contributed by atoms with Gasteiger partial charge in [0.15, 0.2) is 23.7 Å². The first kappa shape index (κ1) is 26.2. The number of ether oxygens (including phenoxy) is 3. The van der Waals surface area contributed by atoms with Crippen molar-refractivity contribution in [2.24, 2.45) is 11.8 Å². The summed E-state index contributed by atoms with van der Waals surface area (Å²) in [6.07, 6.45) is -5.86. The predicted molar refractivity (Wildman–Crippen MR) is 112 cm³/mol. The van der Waals surface area contributed by atoms with Gasteiger partial charge in [0.1, 0.15) is 29.5 Å². The Labute approximate surface area is 201 Å². The molecule has 0 bridgehead atoms. The number of hydrogen-bond donors (Lipinski definition) is 0. The molecule has 3 nitrogen and oxygen atoms in total. The van der Waals surface area contributed by atoms with E-state index in [0.717, 1.165) is 24.6 Å². The maximum atomic E-state index is 14.8. The van der Waals surface area contributed by atoms with Gasteiger partial charge >= 0.3 is 6.11 Å². The van der Waals surface area contributed by atoms with E-state index in [2.05, 4.69) is 4.74 Å². The van der Waals surface area contributed by atoms with Gasteiger partial charge in [-0.3, -0.25) is 0 Å². The van der Waals surface area contributed by atoms with Crippen molar-refractivity contribution < 1.29 is 49.3 Å². The number of allylic oxidation sites excluding steroid dienone is 1. The first-order chi connectivity index (χ1) is 17.0. The van der Waals surface area contributed by atoms with Gasteiger partial charge in [-0.1, -0.05) is 6.92 Å². The Balaban J connectivity index is 1.50. The Bertz CT molecular complexity index is 1160. The lowest BCUT2D eigenvalue weighted by atomic mass is 9.92. The van der Waals surface area contributed by atoms with Gasteiger partial charge in [0.2, 0.25) is 0 Å². The molecule has 2 aliphatic rings. The van der Waals surface area contributed by atoms with Crippen molar-refractivity contribution in [2.45, 2.75) is 31.9 Å². The topological polar surface area (TPSA) is 27.7 Å². The molecule has 0 N–H and O–H groups in total. The first-order valence-corrected chi connectivity index (χ1v) is 11.0. The zero-order chi connectivity index (χ0) is 26.2. The summed E-state index contributed by atoms with van der Waals surface area (Å²) in [5.41, 5.74) is -0.931. The van der Waals surface area contributed by atoms with Crippen LogP contribution < -0.4 is 4.74 Å². The van der Waals surface area contributed by atoms with Crippen molar-refractivity contribution >= 4 is 0 Å². The molecule has 1 saturated heterocycles. The molecule has 0 aromatic heterocycles. The van der Waals surface area contributed by atoms with E-state index in [0.29, 0.717) is 24.3 Å². The van der Waals surface area contributed by atoms with Gasteiger partial charge in [-0.25, -0.2) is 26.3 Å². The van der Waals surface area contributed by atoms with E-state index in [-0.39, 0.29) is 24.7 Å². The maximum Gasteiger partial charge on any atom is 0.410 e. The van der Waals surface area contributed by atoms with Crippen LogP contribution in [0.15, 0.2) is 53.9 Å². The van der Waals surface area contributed by atoms with Crippen LogP contribution in [0.5, 0.6) is 5.75 Å². The fourth-order valence-electron chi connectivity index (χ4n) is 3.92. The van der Waals surface area contributed by atoms with Crippen LogP contribution in [-0.2, 0) is 9.47 Å². The molecule has 11 heteroatoms. The second kappa shape index (κ2) is 10.2. The van der Waals surface area contributed by atoms with Crippen molar-refractivity contribution in [1.29, 1.82) is 0 Å². The van der Waals surface area contributed by atoms with Crippen molar-refractivity contribution in [3.8, 4) is 16.9 Å². The minimum absolute atomic E-state index is 0.0873. The summed E-state index contributed by atoms with van der Waals surface area (Å²) in [6.45, 7) is 2.49. The van der Waals surface area contributed by atoms with Crippen molar-refractivity contribution in [3.63, 3.8) is 0 Å². The third-order valence-electron chi connectivity index (χ3n) is 5.94. The molecule has 2 aromatic rings. The molecule has 4 rings (SSSR count). The molecule has 0 spiro atoms. The summed E-state index contributed by atoms with van der Waals surface area (Å²) < 4.78 is 129. The smallest absolute Gasteiger partial charge is 0.410 e. The lowest BCUT2D eigenvalue weighted by Gasteiger charge is -2.33. The molecular weight excluding hydrogens is 500 g/mol. The van der Waals surface area contributed by atoms with Gasteiger partial charge in [-0.15, -0.1) is 0 Å². The van der Waals surface area contributed by atoms with Crippen LogP contribution >= 0.6 is 0 Å². The van der Waals surface area contributed by atoms with Crippen LogP contribution in [0.3, 0.4) is 0 Å². The fourth-order valence-corrected chi connectivity index (χ4v) is 3.92. The summed E-state index contributed by atoms with van der Waals surface area (Å²) in [7, 11) is 0. The zero-order valence-electron chi connectivity index (χ0n) is 18.7. The Kier molecular flexibility index (Phi) is 7.42. The SMILES string of the molecule is CCC1COC(C2=CC(F)C(C(F)(F)Oc3ccc(-c4cc(F)c(F)c(F)c4)c(F)c3)C(F)=C2)OC1. The molecule has 0 saturated carbocycles. The average Bonchev–Trinajstić information content (AvgIpc) is 2.81. The highest BCUT2D eigenvalue weighted by molar-refractivity contribution is 5.65. The quantitative estimate of drug-likeness (QED) is 0.303. The number of benzene rings is 2. The number of hydrogen-bond acceptors (Lipinski definition) is 3. The van der Waals surface area contributed by atoms with Crippen LogP contribution in [0.4, 0.5) is 35.1 Å². The van der Waals surface area contributed by atoms with E-state index < -0.39 is 70.5 Å². The van der Waals surface area contributed by atoms with Crippen LogP contribution in [0.1, 0.15) is 13.3 Å². The normalized spacial score (nSPS) is 24.8. The molecule has 2 unspecified atom stereocenters. The van der Waals surface area contributed by atoms with Crippen molar-refractivity contribution in [2.75, 3.05) is 13.2 Å². The molecule has 1 heterocycles. The van der Waals surface area contributed by atoms with Gasteiger partial charge in [-0.2, -0.15) is 8.78 Å². The van der Waals surface area contributed by atoms with Crippen molar-refractivity contribution in [3.05, 3.63) is 77.2 Å². The molecule has 1 aliphatic carbocycles. The number of halogens is 8. The molecule has 2 aromatic carbocycles. The Morgan fingerprint density at radius 3 is 2.14 bits per heavy atom. The lowest BCUT2D eigenvalue weighted by molar-refractivity contribution is -0.220. The lowest BCUT2D eigenvalue weighted by Crippen LogP contribution is -2.42. The van der Waals surface area contributed by atoms with Crippen LogP contribution in [-0.4, -0.2) is 31.8 Å². The molecule has 2 atom stereocenters. The van der Waals surface area contributed by atoms with Gasteiger partial charge in [0.05, 0.1) is 13.2 Å². The van der Waals surface area contributed by atoms with E-state index in [1.165, 1.54) is 0 Å². The minimum Gasteiger partial charge on any atom is -0.432 e. The second-order valence-electron chi connectivity index (χ2n) is 8.45. The van der Waals surface area contributed by atoms with E-state index >= 15 is 0 Å². The molecule has 194 valence electrons. The molecule has 1 aliphatic heterocycles. The van der Waals surface area contributed by atoms with Gasteiger partial charge < -0.3 is 14.2 Å². The predicted octanol–water partition coefficient (Wildman–Crippen LogP) is 7.03. The third kappa shape index (κ3) is 5.27. The van der Waals surface area contributed by atoms with Gasteiger partial charge in [0.25, 0.3) is 0 Å². The number of rotatable bonds is 6. The Hall–Kier alpha value is -2.92. The molecule has 0 amide bonds. The largest absolute Gasteiger partial charge is 0.432 e. The molecule has 1 fully saturated rings. The fraction of sp³-hybridized carbons (Fsp3) is 0.360. The summed E-state index contributed by atoms with van der Waals surface area (Å²) in [5.74, 6) is -11.0. The van der Waals surface area contributed by atoms with E-state index in [9.17, 15) is 35.1 Å². The Morgan fingerprint density at radius 1 is 0.944 bits per heavy atom. The number of alkyl halides is 3. The van der Waals surface area contributed by atoms with Gasteiger partial charge in [0, 0.05) is 23.1 Å². The first-order valence-electron chi connectivity index (χ1n) is 11.0. The zero-order valence-corrected chi connectivity index (χ0v) is 18.7. The monoisotopic (exact) mass is 520 g/mol. The Morgan fingerprint density at radius 2 is 1.58 bits per heavy atom. The maximum absolute atomic E-state index is 14.8.